The summed E-state index contributed by atoms with van der Waals surface area (Å²) < 4.78 is 0.274. The number of aliphatic carboxylic acids is 1. The zero-order valence-corrected chi connectivity index (χ0v) is 11.7. The third-order valence-electron chi connectivity index (χ3n) is 0.869. The van der Waals surface area contributed by atoms with Crippen molar-refractivity contribution in [3.63, 3.8) is 0 Å². The fourth-order valence-corrected chi connectivity index (χ4v) is 0.692. The molecule has 0 fully saturated rings. The first-order valence-corrected chi connectivity index (χ1v) is 2.94. The van der Waals surface area contributed by atoms with Gasteiger partial charge >= 0.3 is 65.1 Å². The molecule has 58 valence electrons. The quantitative estimate of drug-likeness (QED) is 0.333. The molecule has 0 aliphatic rings. The summed E-state index contributed by atoms with van der Waals surface area (Å²) in [5.41, 5.74) is 0. The molecule has 0 saturated carbocycles. The van der Waals surface area contributed by atoms with Gasteiger partial charge in [0, 0.05) is 0 Å². The summed E-state index contributed by atoms with van der Waals surface area (Å²) in [5.74, 6) is -0.588. The second-order valence-electron chi connectivity index (χ2n) is 1.68. The average Bonchev–Trinajstić information content (AvgIpc) is 2.13. The van der Waals surface area contributed by atoms with Crippen LogP contribution in [-0.4, -0.2) is 26.3 Å². The maximum Gasteiger partial charge on any atom is 1.00 e. The number of aromatic nitrogens is 3. The zero-order chi connectivity index (χ0) is 7.56. The first-order valence-electron chi connectivity index (χ1n) is 2.54. The number of nitrogens with one attached hydrogen (secondary N) is 2. The van der Waals surface area contributed by atoms with Crippen LogP contribution in [0.2, 0.25) is 0 Å². The third-order valence-corrected chi connectivity index (χ3v) is 1.06. The summed E-state index contributed by atoms with van der Waals surface area (Å²) >= 11 is 4.59. The molecule has 1 aromatic rings. The second kappa shape index (κ2) is 7.25. The van der Waals surface area contributed by atoms with Crippen molar-refractivity contribution in [2.24, 2.45) is 0 Å². The van der Waals surface area contributed by atoms with Gasteiger partial charge in [-0.3, -0.25) is 15.0 Å². The van der Waals surface area contributed by atoms with Crippen LogP contribution in [0, 0.1) is 4.77 Å². The number of carboxylic acids is 1. The molecule has 0 unspecified atom stereocenters. The second-order valence-corrected chi connectivity index (χ2v) is 2.07. The van der Waals surface area contributed by atoms with Crippen molar-refractivity contribution in [2.45, 2.75) is 6.42 Å². The van der Waals surface area contributed by atoms with Crippen molar-refractivity contribution in [2.75, 3.05) is 0 Å². The van der Waals surface area contributed by atoms with E-state index < -0.39 is 5.97 Å². The van der Waals surface area contributed by atoms with Crippen LogP contribution in [0.1, 0.15) is 8.68 Å². The molecule has 8 heteroatoms. The Labute approximate surface area is 121 Å². The Hall–Kier alpha value is 0.830. The first-order chi connectivity index (χ1) is 4.68. The Bertz CT molecular complexity index is 305. The maximum absolute atomic E-state index is 10.1. The number of hydrogen-bond acceptors (Lipinski definition) is 3. The SMILES string of the molecule is O=C(O)Cc1nc(=S)[nH][nH]1.[H-].[H-].[Na+].[Na+]. The Morgan fingerprint density at radius 2 is 2.17 bits per heavy atom. The fourth-order valence-electron chi connectivity index (χ4n) is 0.531. The number of H-pyrrole nitrogens is 2. The summed E-state index contributed by atoms with van der Waals surface area (Å²) in [6, 6.07) is 0. The molecule has 0 amide bonds. The predicted molar refractivity (Wildman–Crippen MR) is 37.3 cm³/mol. The predicted octanol–water partition coefficient (Wildman–Crippen LogP) is -5.67. The average molecular weight is 207 g/mol. The largest absolute Gasteiger partial charge is 1.00 e. The van der Waals surface area contributed by atoms with Gasteiger partial charge in [0.2, 0.25) is 4.77 Å². The van der Waals surface area contributed by atoms with E-state index in [-0.39, 0.29) is 73.2 Å². The fraction of sp³-hybridized carbons (Fsp3) is 0.250. The van der Waals surface area contributed by atoms with Gasteiger partial charge in [0.15, 0.2) is 0 Å². The van der Waals surface area contributed by atoms with E-state index >= 15 is 0 Å². The molecule has 0 aliphatic heterocycles. The molecular formula is C4H7N3Na2O2S. The van der Waals surface area contributed by atoms with Gasteiger partial charge in [0.25, 0.3) is 0 Å². The number of aromatic amines is 2. The number of carboxylic acid groups (broad SMARTS) is 1. The van der Waals surface area contributed by atoms with Gasteiger partial charge in [-0.05, 0) is 12.2 Å². The molecule has 1 aromatic heterocycles. The Kier molecular flexibility index (Phi) is 9.25. The monoisotopic (exact) mass is 207 g/mol. The topological polar surface area (TPSA) is 81.8 Å². The Balaban J connectivity index is -0.000000125. The van der Waals surface area contributed by atoms with E-state index in [9.17, 15) is 4.79 Å². The summed E-state index contributed by atoms with van der Waals surface area (Å²) in [5, 5.41) is 13.3. The van der Waals surface area contributed by atoms with Crippen molar-refractivity contribution in [1.29, 1.82) is 0 Å². The van der Waals surface area contributed by atoms with E-state index in [1.807, 2.05) is 0 Å². The van der Waals surface area contributed by atoms with Crippen molar-refractivity contribution < 1.29 is 71.9 Å². The van der Waals surface area contributed by atoms with E-state index in [1.165, 1.54) is 0 Å². The molecule has 12 heavy (non-hydrogen) atoms. The molecule has 0 atom stereocenters. The standard InChI is InChI=1S/C4H5N3O2S.2Na.2H/c8-3(9)1-2-5-4(10)7-6-2;;;;/h1H2,(H,8,9)(H2,5,6,7,10);;;;/q;2*+1;2*-1. The third kappa shape index (κ3) is 5.47. The summed E-state index contributed by atoms with van der Waals surface area (Å²) in [6.45, 7) is 0. The van der Waals surface area contributed by atoms with E-state index in [0.717, 1.165) is 0 Å². The normalized spacial score (nSPS) is 8.00. The van der Waals surface area contributed by atoms with Crippen molar-refractivity contribution in [3.05, 3.63) is 10.6 Å². The van der Waals surface area contributed by atoms with Crippen LogP contribution in [0.4, 0.5) is 0 Å². The molecule has 0 bridgehead atoms. The molecule has 0 spiro atoms. The van der Waals surface area contributed by atoms with Crippen LogP contribution in [0.3, 0.4) is 0 Å². The molecule has 0 saturated heterocycles. The Morgan fingerprint density at radius 1 is 1.58 bits per heavy atom. The van der Waals surface area contributed by atoms with Crippen molar-refractivity contribution >= 4 is 18.2 Å². The van der Waals surface area contributed by atoms with Gasteiger partial charge < -0.3 is 7.96 Å². The molecule has 0 aromatic carbocycles. The van der Waals surface area contributed by atoms with Gasteiger partial charge in [-0.25, -0.2) is 4.98 Å². The molecule has 0 radical (unpaired) electrons. The van der Waals surface area contributed by atoms with Crippen molar-refractivity contribution in [3.8, 4) is 0 Å². The minimum absolute atomic E-state index is 0. The van der Waals surface area contributed by atoms with Gasteiger partial charge in [0.1, 0.15) is 12.2 Å². The van der Waals surface area contributed by atoms with Gasteiger partial charge in [-0.2, -0.15) is 0 Å². The van der Waals surface area contributed by atoms with E-state index in [1.54, 1.807) is 0 Å². The molecule has 0 aliphatic carbocycles. The van der Waals surface area contributed by atoms with Crippen LogP contribution in [-0.2, 0) is 11.2 Å². The van der Waals surface area contributed by atoms with Crippen LogP contribution in [0.5, 0.6) is 0 Å². The van der Waals surface area contributed by atoms with Gasteiger partial charge in [-0.1, -0.05) is 0 Å². The molecular weight excluding hydrogens is 200 g/mol. The minimum atomic E-state index is -0.933. The van der Waals surface area contributed by atoms with Gasteiger partial charge in [-0.15, -0.1) is 0 Å². The van der Waals surface area contributed by atoms with Gasteiger partial charge in [0.05, 0.1) is 0 Å². The smallest absolute Gasteiger partial charge is 1.00 e. The summed E-state index contributed by atoms with van der Waals surface area (Å²) in [4.78, 5) is 13.7. The van der Waals surface area contributed by atoms with Crippen LogP contribution < -0.4 is 59.1 Å². The molecule has 1 rings (SSSR count). The Morgan fingerprint density at radius 3 is 2.50 bits per heavy atom. The zero-order valence-electron chi connectivity index (χ0n) is 8.92. The van der Waals surface area contributed by atoms with E-state index in [0.29, 0.717) is 5.82 Å². The summed E-state index contributed by atoms with van der Waals surface area (Å²) in [6.07, 6.45) is -0.132. The molecule has 1 heterocycles. The number of rotatable bonds is 2. The van der Waals surface area contributed by atoms with Crippen LogP contribution in [0.15, 0.2) is 0 Å². The minimum Gasteiger partial charge on any atom is -1.00 e. The van der Waals surface area contributed by atoms with Crippen LogP contribution >= 0.6 is 12.2 Å². The number of nitrogens with zero attached hydrogens (tertiary/aromatic N) is 1. The number of hydrogen-bond donors (Lipinski definition) is 3. The van der Waals surface area contributed by atoms with Crippen LogP contribution in [0.25, 0.3) is 0 Å². The van der Waals surface area contributed by atoms with E-state index in [4.69, 9.17) is 5.11 Å². The number of carbonyl (C=O) groups is 1. The maximum atomic E-state index is 10.1. The van der Waals surface area contributed by atoms with Crippen molar-refractivity contribution in [1.82, 2.24) is 15.2 Å². The van der Waals surface area contributed by atoms with E-state index in [2.05, 4.69) is 27.4 Å². The molecule has 5 nitrogen and oxygen atoms in total. The summed E-state index contributed by atoms with van der Waals surface area (Å²) in [7, 11) is 0. The molecule has 3 N–H and O–H groups in total. The first kappa shape index (κ1) is 15.3.